The van der Waals surface area contributed by atoms with Crippen LogP contribution in [0, 0.1) is 12.7 Å². The van der Waals surface area contributed by atoms with Gasteiger partial charge < -0.3 is 4.42 Å². The van der Waals surface area contributed by atoms with Crippen molar-refractivity contribution < 1.29 is 8.81 Å². The lowest BCUT2D eigenvalue weighted by molar-refractivity contribution is 0.615. The Labute approximate surface area is 162 Å². The molecule has 5 heterocycles. The highest BCUT2D eigenvalue weighted by Gasteiger charge is 2.18. The van der Waals surface area contributed by atoms with Crippen LogP contribution in [-0.4, -0.2) is 24.9 Å². The number of aromatic nitrogens is 5. The van der Waals surface area contributed by atoms with Gasteiger partial charge in [-0.05, 0) is 31.2 Å². The van der Waals surface area contributed by atoms with Gasteiger partial charge in [-0.3, -0.25) is 4.98 Å². The van der Waals surface area contributed by atoms with Gasteiger partial charge in [0.15, 0.2) is 17.1 Å². The van der Waals surface area contributed by atoms with E-state index in [0.29, 0.717) is 27.7 Å². The molecule has 0 atom stereocenters. The highest BCUT2D eigenvalue weighted by molar-refractivity contribution is 7.18. The molecule has 8 heteroatoms. The van der Waals surface area contributed by atoms with Crippen LogP contribution in [0.25, 0.3) is 43.6 Å². The number of nitrogens with zero attached hydrogens (tertiary/aromatic N) is 5. The number of rotatable bonds is 3. The first-order chi connectivity index (χ1) is 13.7. The van der Waals surface area contributed by atoms with Crippen LogP contribution in [0.5, 0.6) is 0 Å². The number of hydrogen-bond acceptors (Lipinski definition) is 7. The van der Waals surface area contributed by atoms with Crippen LogP contribution in [0.4, 0.5) is 4.39 Å². The number of furan rings is 1. The molecule has 136 valence electrons. The van der Waals surface area contributed by atoms with Crippen molar-refractivity contribution in [1.29, 1.82) is 0 Å². The van der Waals surface area contributed by atoms with Crippen LogP contribution in [0.2, 0.25) is 0 Å². The highest BCUT2D eigenvalue weighted by Crippen LogP contribution is 2.37. The lowest BCUT2D eigenvalue weighted by Gasteiger charge is -2.04. The first-order valence-electron chi connectivity index (χ1n) is 8.43. The minimum atomic E-state index is -0.395. The number of halogens is 1. The Bertz CT molecular complexity index is 1300. The fourth-order valence-corrected chi connectivity index (χ4v) is 3.96. The first kappa shape index (κ1) is 16.6. The van der Waals surface area contributed by atoms with E-state index in [0.717, 1.165) is 21.7 Å². The molecule has 0 aromatic carbocycles. The van der Waals surface area contributed by atoms with Crippen molar-refractivity contribution in [1.82, 2.24) is 24.9 Å². The second kappa shape index (κ2) is 6.58. The van der Waals surface area contributed by atoms with Crippen molar-refractivity contribution >= 4 is 22.3 Å². The Morgan fingerprint density at radius 3 is 2.75 bits per heavy atom. The van der Waals surface area contributed by atoms with E-state index < -0.39 is 5.82 Å². The molecule has 0 spiro atoms. The molecule has 0 aliphatic rings. The molecule has 0 N–H and O–H groups in total. The van der Waals surface area contributed by atoms with Crippen LogP contribution < -0.4 is 0 Å². The van der Waals surface area contributed by atoms with Crippen molar-refractivity contribution in [3.8, 4) is 32.7 Å². The SMILES string of the molecule is Cc1nc(-c2cncc(F)c2)sc1-c1cc2ccoc2c(-c2ncccn2)n1. The number of thiazole rings is 1. The van der Waals surface area contributed by atoms with E-state index in [1.54, 1.807) is 30.9 Å². The second-order valence-electron chi connectivity index (χ2n) is 6.09. The third-order valence-electron chi connectivity index (χ3n) is 4.19. The predicted molar refractivity (Wildman–Crippen MR) is 104 cm³/mol. The molecule has 0 amide bonds. The summed E-state index contributed by atoms with van der Waals surface area (Å²) in [5, 5.41) is 1.58. The minimum Gasteiger partial charge on any atom is -0.462 e. The molecule has 0 unspecified atom stereocenters. The number of aryl methyl sites for hydroxylation is 1. The molecule has 0 saturated carbocycles. The average Bonchev–Trinajstić information content (AvgIpc) is 3.34. The summed E-state index contributed by atoms with van der Waals surface area (Å²) in [6.07, 6.45) is 7.72. The van der Waals surface area contributed by atoms with Gasteiger partial charge in [-0.25, -0.2) is 24.3 Å². The van der Waals surface area contributed by atoms with Crippen LogP contribution in [0.15, 0.2) is 59.7 Å². The quantitative estimate of drug-likeness (QED) is 0.436. The van der Waals surface area contributed by atoms with Gasteiger partial charge in [-0.2, -0.15) is 0 Å². The summed E-state index contributed by atoms with van der Waals surface area (Å²) < 4.78 is 19.1. The van der Waals surface area contributed by atoms with Gasteiger partial charge in [0.25, 0.3) is 0 Å². The molecular weight excluding hydrogens is 377 g/mol. The summed E-state index contributed by atoms with van der Waals surface area (Å²) in [4.78, 5) is 22.7. The zero-order valence-corrected chi connectivity index (χ0v) is 15.4. The molecule has 0 aliphatic carbocycles. The summed E-state index contributed by atoms with van der Waals surface area (Å²) in [7, 11) is 0. The van der Waals surface area contributed by atoms with Crippen LogP contribution >= 0.6 is 11.3 Å². The largest absolute Gasteiger partial charge is 0.462 e. The third-order valence-corrected chi connectivity index (χ3v) is 5.42. The lowest BCUT2D eigenvalue weighted by atomic mass is 10.2. The van der Waals surface area contributed by atoms with E-state index >= 15 is 0 Å². The number of hydrogen-bond donors (Lipinski definition) is 0. The molecule has 6 nitrogen and oxygen atoms in total. The normalized spacial score (nSPS) is 11.2. The van der Waals surface area contributed by atoms with Gasteiger partial charge in [-0.15, -0.1) is 11.3 Å². The topological polar surface area (TPSA) is 77.6 Å². The highest BCUT2D eigenvalue weighted by atomic mass is 32.1. The van der Waals surface area contributed by atoms with Crippen LogP contribution in [0.3, 0.4) is 0 Å². The fraction of sp³-hybridized carbons (Fsp3) is 0.0500. The standard InChI is InChI=1S/C20H12FN5OS/c1-11-18(28-20(25-11)13-7-14(21)10-22-9-13)15-8-12-3-6-27-17(12)16(26-15)19-23-4-2-5-24-19/h2-10H,1H3. The Kier molecular flexibility index (Phi) is 3.91. The lowest BCUT2D eigenvalue weighted by Crippen LogP contribution is -1.93. The minimum absolute atomic E-state index is 0.395. The Hall–Kier alpha value is -3.52. The van der Waals surface area contributed by atoms with Crippen LogP contribution in [-0.2, 0) is 0 Å². The van der Waals surface area contributed by atoms with Crippen molar-refractivity contribution in [2.75, 3.05) is 0 Å². The summed E-state index contributed by atoms with van der Waals surface area (Å²) >= 11 is 1.44. The molecular formula is C20H12FN5OS. The monoisotopic (exact) mass is 389 g/mol. The van der Waals surface area contributed by atoms with Gasteiger partial charge in [0.2, 0.25) is 0 Å². The molecule has 28 heavy (non-hydrogen) atoms. The van der Waals surface area contributed by atoms with Crippen LogP contribution in [0.1, 0.15) is 5.69 Å². The maximum atomic E-state index is 13.5. The van der Waals surface area contributed by atoms with Gasteiger partial charge in [0.05, 0.1) is 28.7 Å². The Balaban J connectivity index is 1.68. The molecule has 0 saturated heterocycles. The van der Waals surface area contributed by atoms with Gasteiger partial charge in [0, 0.05) is 29.5 Å². The maximum absolute atomic E-state index is 13.5. The van der Waals surface area contributed by atoms with E-state index in [1.807, 2.05) is 19.1 Å². The van der Waals surface area contributed by atoms with Gasteiger partial charge in [0.1, 0.15) is 10.8 Å². The Morgan fingerprint density at radius 1 is 1.07 bits per heavy atom. The fourth-order valence-electron chi connectivity index (χ4n) is 2.95. The van der Waals surface area contributed by atoms with Crippen molar-refractivity contribution in [3.05, 3.63) is 66.8 Å². The molecule has 0 radical (unpaired) electrons. The van der Waals surface area contributed by atoms with Crippen molar-refractivity contribution in [2.45, 2.75) is 6.92 Å². The van der Waals surface area contributed by atoms with E-state index in [4.69, 9.17) is 9.40 Å². The zero-order chi connectivity index (χ0) is 19.1. The summed E-state index contributed by atoms with van der Waals surface area (Å²) in [6.45, 7) is 1.90. The second-order valence-corrected chi connectivity index (χ2v) is 7.09. The molecule has 5 aromatic heterocycles. The van der Waals surface area contributed by atoms with Gasteiger partial charge in [-0.1, -0.05) is 0 Å². The van der Waals surface area contributed by atoms with Gasteiger partial charge >= 0.3 is 0 Å². The molecule has 0 bridgehead atoms. The van der Waals surface area contributed by atoms with E-state index in [2.05, 4.69) is 19.9 Å². The zero-order valence-electron chi connectivity index (χ0n) is 14.6. The molecule has 0 aliphatic heterocycles. The van der Waals surface area contributed by atoms with Crippen molar-refractivity contribution in [3.63, 3.8) is 0 Å². The predicted octanol–water partition coefficient (Wildman–Crippen LogP) is 4.92. The molecule has 5 aromatic rings. The third kappa shape index (κ3) is 2.84. The van der Waals surface area contributed by atoms with E-state index in [1.165, 1.54) is 23.6 Å². The summed E-state index contributed by atoms with van der Waals surface area (Å²) in [5.74, 6) is 0.0920. The summed E-state index contributed by atoms with van der Waals surface area (Å²) in [5.41, 5.74) is 3.38. The average molecular weight is 389 g/mol. The summed E-state index contributed by atoms with van der Waals surface area (Å²) in [6, 6.07) is 6.99. The Morgan fingerprint density at radius 2 is 1.93 bits per heavy atom. The smallest absolute Gasteiger partial charge is 0.182 e. The number of pyridine rings is 2. The first-order valence-corrected chi connectivity index (χ1v) is 9.25. The van der Waals surface area contributed by atoms with Crippen molar-refractivity contribution in [2.24, 2.45) is 0 Å². The molecule has 0 fully saturated rings. The van der Waals surface area contributed by atoms with E-state index in [-0.39, 0.29) is 0 Å². The number of fused-ring (bicyclic) bond motifs is 1. The molecule has 5 rings (SSSR count). The maximum Gasteiger partial charge on any atom is 0.182 e. The van der Waals surface area contributed by atoms with E-state index in [9.17, 15) is 4.39 Å².